The number of nitrogens with zero attached hydrogens (tertiary/aromatic N) is 1. The topological polar surface area (TPSA) is 68.7 Å². The van der Waals surface area contributed by atoms with Crippen molar-refractivity contribution in [3.63, 3.8) is 0 Å². The maximum atomic E-state index is 11.0. The van der Waals surface area contributed by atoms with Gasteiger partial charge in [0.15, 0.2) is 11.5 Å². The maximum absolute atomic E-state index is 11.0. The molecule has 0 bridgehead atoms. The molecule has 2 aromatic rings. The van der Waals surface area contributed by atoms with Gasteiger partial charge in [-0.2, -0.15) is 0 Å². The molecule has 1 aromatic heterocycles. The Morgan fingerprint density at radius 1 is 1.24 bits per heavy atom. The van der Waals surface area contributed by atoms with Gasteiger partial charge in [-0.25, -0.2) is 4.79 Å². The van der Waals surface area contributed by atoms with E-state index in [1.807, 2.05) is 26.0 Å². The van der Waals surface area contributed by atoms with Gasteiger partial charge in [-0.15, -0.1) is 0 Å². The van der Waals surface area contributed by atoms with E-state index in [-0.39, 0.29) is 5.56 Å². The van der Waals surface area contributed by atoms with E-state index < -0.39 is 11.6 Å². The van der Waals surface area contributed by atoms with Crippen molar-refractivity contribution >= 4 is 5.97 Å². The summed E-state index contributed by atoms with van der Waals surface area (Å²) in [7, 11) is 1.48. The summed E-state index contributed by atoms with van der Waals surface area (Å²) >= 11 is 0. The predicted octanol–water partition coefficient (Wildman–Crippen LogP) is 3.10. The van der Waals surface area contributed by atoms with Gasteiger partial charge in [0.2, 0.25) is 0 Å². The zero-order valence-electron chi connectivity index (χ0n) is 12.2. The van der Waals surface area contributed by atoms with E-state index in [0.29, 0.717) is 11.5 Å². The van der Waals surface area contributed by atoms with Crippen LogP contribution in [0.3, 0.4) is 0 Å². The highest BCUT2D eigenvalue weighted by Gasteiger charge is 2.24. The van der Waals surface area contributed by atoms with Crippen molar-refractivity contribution in [2.45, 2.75) is 19.4 Å². The van der Waals surface area contributed by atoms with E-state index in [9.17, 15) is 4.79 Å². The number of hydrogen-bond acceptors (Lipinski definition) is 4. The van der Waals surface area contributed by atoms with Crippen LogP contribution >= 0.6 is 0 Å². The Balaban J connectivity index is 2.33. The highest BCUT2D eigenvalue weighted by Crippen LogP contribution is 2.34. The molecular formula is C16H17NO4. The van der Waals surface area contributed by atoms with Gasteiger partial charge >= 0.3 is 5.97 Å². The maximum Gasteiger partial charge on any atom is 0.335 e. The van der Waals surface area contributed by atoms with Crippen molar-refractivity contribution in [1.82, 2.24) is 4.98 Å². The standard InChI is InChI=1S/C16H17NO4/c1-16(2,12-5-4-8-17-10-12)21-13-7-6-11(15(18)19)9-14(13)20-3/h4-10H,1-3H3,(H,18,19). The summed E-state index contributed by atoms with van der Waals surface area (Å²) in [5, 5.41) is 9.00. The fourth-order valence-corrected chi connectivity index (χ4v) is 1.94. The number of aromatic nitrogens is 1. The van der Waals surface area contributed by atoms with Gasteiger partial charge in [0.1, 0.15) is 5.60 Å². The zero-order chi connectivity index (χ0) is 15.5. The molecule has 0 radical (unpaired) electrons. The number of pyridine rings is 1. The Hall–Kier alpha value is -2.56. The Labute approximate surface area is 123 Å². The summed E-state index contributed by atoms with van der Waals surface area (Å²) in [4.78, 5) is 15.1. The van der Waals surface area contributed by atoms with Gasteiger partial charge in [-0.05, 0) is 38.1 Å². The minimum absolute atomic E-state index is 0.151. The molecule has 0 spiro atoms. The molecule has 0 unspecified atom stereocenters. The SMILES string of the molecule is COc1cc(C(=O)O)ccc1OC(C)(C)c1cccnc1. The molecule has 1 aromatic carbocycles. The molecule has 0 amide bonds. The van der Waals surface area contributed by atoms with Crippen LogP contribution in [0.1, 0.15) is 29.8 Å². The quantitative estimate of drug-likeness (QED) is 0.915. The molecule has 5 heteroatoms. The van der Waals surface area contributed by atoms with Gasteiger partial charge in [0.25, 0.3) is 0 Å². The van der Waals surface area contributed by atoms with Crippen LogP contribution < -0.4 is 9.47 Å². The van der Waals surface area contributed by atoms with Crippen LogP contribution in [0.4, 0.5) is 0 Å². The van der Waals surface area contributed by atoms with Crippen LogP contribution in [0.5, 0.6) is 11.5 Å². The van der Waals surface area contributed by atoms with Gasteiger partial charge in [0.05, 0.1) is 12.7 Å². The van der Waals surface area contributed by atoms with Crippen molar-refractivity contribution in [3.8, 4) is 11.5 Å². The van der Waals surface area contributed by atoms with Crippen LogP contribution in [-0.4, -0.2) is 23.2 Å². The molecule has 2 rings (SSSR count). The summed E-state index contributed by atoms with van der Waals surface area (Å²) in [5.74, 6) is -0.144. The number of methoxy groups -OCH3 is 1. The Morgan fingerprint density at radius 3 is 2.57 bits per heavy atom. The lowest BCUT2D eigenvalue weighted by atomic mass is 10.00. The van der Waals surface area contributed by atoms with Crippen molar-refractivity contribution < 1.29 is 19.4 Å². The second kappa shape index (κ2) is 5.83. The third-order valence-electron chi connectivity index (χ3n) is 3.13. The number of rotatable bonds is 5. The molecule has 0 aliphatic carbocycles. The number of carboxylic acid groups (broad SMARTS) is 1. The Bertz CT molecular complexity index is 638. The fourth-order valence-electron chi connectivity index (χ4n) is 1.94. The lowest BCUT2D eigenvalue weighted by molar-refractivity contribution is 0.0696. The zero-order valence-corrected chi connectivity index (χ0v) is 12.2. The first-order valence-corrected chi connectivity index (χ1v) is 6.45. The number of carboxylic acids is 1. The lowest BCUT2D eigenvalue weighted by Crippen LogP contribution is -2.25. The first-order valence-electron chi connectivity index (χ1n) is 6.45. The third-order valence-corrected chi connectivity index (χ3v) is 3.13. The number of hydrogen-bond donors (Lipinski definition) is 1. The van der Waals surface area contributed by atoms with Crippen molar-refractivity contribution in [1.29, 1.82) is 0 Å². The highest BCUT2D eigenvalue weighted by atomic mass is 16.5. The van der Waals surface area contributed by atoms with Crippen LogP contribution in [0.25, 0.3) is 0 Å². The Morgan fingerprint density at radius 2 is 2.00 bits per heavy atom. The second-order valence-electron chi connectivity index (χ2n) is 5.02. The molecule has 0 atom stereocenters. The molecule has 0 saturated carbocycles. The van der Waals surface area contributed by atoms with Crippen molar-refractivity contribution in [2.75, 3.05) is 7.11 Å². The van der Waals surface area contributed by atoms with E-state index in [4.69, 9.17) is 14.6 Å². The van der Waals surface area contributed by atoms with Gasteiger partial charge in [-0.3, -0.25) is 4.98 Å². The molecular weight excluding hydrogens is 270 g/mol. The molecule has 0 saturated heterocycles. The molecule has 0 aliphatic heterocycles. The van der Waals surface area contributed by atoms with Crippen LogP contribution in [0.15, 0.2) is 42.7 Å². The number of aromatic carboxylic acids is 1. The number of carbonyl (C=O) groups is 1. The first kappa shape index (κ1) is 14.8. The predicted molar refractivity (Wildman–Crippen MR) is 77.8 cm³/mol. The fraction of sp³-hybridized carbons (Fsp3) is 0.250. The van der Waals surface area contributed by atoms with Crippen LogP contribution in [-0.2, 0) is 5.60 Å². The largest absolute Gasteiger partial charge is 0.493 e. The Kier molecular flexibility index (Phi) is 4.12. The third kappa shape index (κ3) is 3.31. The van der Waals surface area contributed by atoms with Gasteiger partial charge < -0.3 is 14.6 Å². The average Bonchev–Trinajstić information content (AvgIpc) is 2.48. The second-order valence-corrected chi connectivity index (χ2v) is 5.02. The number of ether oxygens (including phenoxy) is 2. The van der Waals surface area contributed by atoms with Crippen LogP contribution in [0, 0.1) is 0 Å². The molecule has 5 nitrogen and oxygen atoms in total. The smallest absolute Gasteiger partial charge is 0.335 e. The van der Waals surface area contributed by atoms with Gasteiger partial charge in [0, 0.05) is 18.0 Å². The normalized spacial score (nSPS) is 11.0. The van der Waals surface area contributed by atoms with E-state index in [1.165, 1.54) is 19.2 Å². The lowest BCUT2D eigenvalue weighted by Gasteiger charge is -2.27. The van der Waals surface area contributed by atoms with Crippen molar-refractivity contribution in [2.24, 2.45) is 0 Å². The van der Waals surface area contributed by atoms with E-state index in [0.717, 1.165) is 5.56 Å². The summed E-state index contributed by atoms with van der Waals surface area (Å²) in [5.41, 5.74) is 0.444. The average molecular weight is 287 g/mol. The van der Waals surface area contributed by atoms with Crippen molar-refractivity contribution in [3.05, 3.63) is 53.9 Å². The summed E-state index contributed by atoms with van der Waals surface area (Å²) in [6, 6.07) is 8.28. The van der Waals surface area contributed by atoms with E-state index >= 15 is 0 Å². The summed E-state index contributed by atoms with van der Waals surface area (Å²) in [6.07, 6.45) is 3.43. The molecule has 1 N–H and O–H groups in total. The summed E-state index contributed by atoms with van der Waals surface area (Å²) < 4.78 is 11.2. The number of benzene rings is 1. The van der Waals surface area contributed by atoms with E-state index in [1.54, 1.807) is 18.5 Å². The molecule has 110 valence electrons. The molecule has 1 heterocycles. The van der Waals surface area contributed by atoms with Gasteiger partial charge in [-0.1, -0.05) is 6.07 Å². The summed E-state index contributed by atoms with van der Waals surface area (Å²) in [6.45, 7) is 3.82. The minimum atomic E-state index is -1.01. The monoisotopic (exact) mass is 287 g/mol. The first-order chi connectivity index (χ1) is 9.94. The highest BCUT2D eigenvalue weighted by molar-refractivity contribution is 5.88. The molecule has 0 fully saturated rings. The minimum Gasteiger partial charge on any atom is -0.493 e. The molecule has 0 aliphatic rings. The molecule has 21 heavy (non-hydrogen) atoms. The van der Waals surface area contributed by atoms with E-state index in [2.05, 4.69) is 4.98 Å². The van der Waals surface area contributed by atoms with Crippen LogP contribution in [0.2, 0.25) is 0 Å².